The molecule has 1 fully saturated rings. The van der Waals surface area contributed by atoms with E-state index in [-0.39, 0.29) is 19.6 Å². The molecule has 0 aromatic heterocycles. The molecule has 1 heterocycles. The summed E-state index contributed by atoms with van der Waals surface area (Å²) in [7, 11) is -5.05. The molecule has 0 radical (unpaired) electrons. The second-order valence-electron chi connectivity index (χ2n) is 15.7. The standard InChI is InChI=1S/C42H82O12S/c1-3-5-7-9-11-12-13-14-15-16-17-18-19-20-21-22-23-24-25-26-28-30-32-50-34-36(52-38(44)31-29-27-10-8-6-4-2)35-51-42-40(46)41(54-55(47,48)49)39(45)37(33-43)53-42/h36-37,39-43,45-46H,3-35H2,1-2H3,(H,47,48,49). The molecule has 6 unspecified atom stereocenters. The van der Waals surface area contributed by atoms with Gasteiger partial charge in [0.25, 0.3) is 0 Å². The van der Waals surface area contributed by atoms with Crippen molar-refractivity contribution in [2.24, 2.45) is 0 Å². The second kappa shape index (κ2) is 35.1. The minimum atomic E-state index is -5.05. The minimum Gasteiger partial charge on any atom is -0.457 e. The molecule has 4 N–H and O–H groups in total. The van der Waals surface area contributed by atoms with E-state index in [4.69, 9.17) is 23.5 Å². The highest BCUT2D eigenvalue weighted by Gasteiger charge is 2.48. The first-order valence-electron chi connectivity index (χ1n) is 22.3. The van der Waals surface area contributed by atoms with Gasteiger partial charge in [0.1, 0.15) is 30.5 Å². The van der Waals surface area contributed by atoms with Crippen LogP contribution < -0.4 is 0 Å². The number of aliphatic hydroxyl groups excluding tert-OH is 3. The average Bonchev–Trinajstić information content (AvgIpc) is 3.15. The fourth-order valence-corrected chi connectivity index (χ4v) is 7.59. The van der Waals surface area contributed by atoms with E-state index >= 15 is 0 Å². The average molecular weight is 811 g/mol. The molecule has 0 bridgehead atoms. The number of ether oxygens (including phenoxy) is 4. The molecule has 0 aromatic carbocycles. The molecule has 0 saturated carbocycles. The summed E-state index contributed by atoms with van der Waals surface area (Å²) in [5, 5.41) is 30.5. The Balaban J connectivity index is 2.26. The van der Waals surface area contributed by atoms with Crippen LogP contribution in [0.15, 0.2) is 0 Å². The van der Waals surface area contributed by atoms with Crippen molar-refractivity contribution in [1.82, 2.24) is 0 Å². The van der Waals surface area contributed by atoms with E-state index in [0.717, 1.165) is 44.9 Å². The van der Waals surface area contributed by atoms with E-state index in [1.165, 1.54) is 128 Å². The Hall–Kier alpha value is -0.900. The number of carbonyl (C=O) groups excluding carboxylic acids is 1. The van der Waals surface area contributed by atoms with Gasteiger partial charge >= 0.3 is 16.4 Å². The van der Waals surface area contributed by atoms with Gasteiger partial charge in [0.15, 0.2) is 6.29 Å². The van der Waals surface area contributed by atoms with Crippen molar-refractivity contribution in [2.45, 2.75) is 237 Å². The molecule has 55 heavy (non-hydrogen) atoms. The highest BCUT2D eigenvalue weighted by atomic mass is 32.3. The number of aliphatic hydroxyl groups is 3. The van der Waals surface area contributed by atoms with Gasteiger partial charge in [-0.3, -0.25) is 9.35 Å². The van der Waals surface area contributed by atoms with Crippen LogP contribution in [0.4, 0.5) is 0 Å². The molecule has 1 aliphatic heterocycles. The Labute approximate surface area is 335 Å². The quantitative estimate of drug-likeness (QED) is 0.0264. The van der Waals surface area contributed by atoms with Gasteiger partial charge in [-0.25, -0.2) is 4.18 Å². The zero-order valence-corrected chi connectivity index (χ0v) is 35.6. The van der Waals surface area contributed by atoms with Gasteiger partial charge in [0, 0.05) is 13.0 Å². The number of unbranched alkanes of at least 4 members (excludes halogenated alkanes) is 26. The highest BCUT2D eigenvalue weighted by molar-refractivity contribution is 7.80. The lowest BCUT2D eigenvalue weighted by molar-refractivity contribution is -0.301. The first-order valence-corrected chi connectivity index (χ1v) is 23.7. The van der Waals surface area contributed by atoms with Crippen molar-refractivity contribution in [2.75, 3.05) is 26.4 Å². The Morgan fingerprint density at radius 3 is 1.45 bits per heavy atom. The molecular weight excluding hydrogens is 729 g/mol. The number of hydrogen-bond donors (Lipinski definition) is 4. The van der Waals surface area contributed by atoms with Gasteiger partial charge in [-0.2, -0.15) is 8.42 Å². The molecule has 6 atom stereocenters. The first kappa shape index (κ1) is 52.1. The lowest BCUT2D eigenvalue weighted by atomic mass is 9.99. The number of esters is 1. The van der Waals surface area contributed by atoms with Crippen molar-refractivity contribution in [1.29, 1.82) is 0 Å². The van der Waals surface area contributed by atoms with Crippen molar-refractivity contribution in [3.8, 4) is 0 Å². The summed E-state index contributed by atoms with van der Waals surface area (Å²) in [6.07, 6.45) is 26.2. The van der Waals surface area contributed by atoms with E-state index in [1.807, 2.05) is 0 Å². The van der Waals surface area contributed by atoms with Crippen molar-refractivity contribution < 1.29 is 56.2 Å². The van der Waals surface area contributed by atoms with E-state index in [0.29, 0.717) is 13.0 Å². The van der Waals surface area contributed by atoms with Crippen molar-refractivity contribution >= 4 is 16.4 Å². The van der Waals surface area contributed by atoms with E-state index in [1.54, 1.807) is 0 Å². The highest BCUT2D eigenvalue weighted by Crippen LogP contribution is 2.26. The fourth-order valence-electron chi connectivity index (χ4n) is 7.09. The van der Waals surface area contributed by atoms with Crippen LogP contribution in [0.1, 0.15) is 200 Å². The summed E-state index contributed by atoms with van der Waals surface area (Å²) in [6, 6.07) is 0. The van der Waals surface area contributed by atoms with Gasteiger partial charge in [0.2, 0.25) is 0 Å². The van der Waals surface area contributed by atoms with Gasteiger partial charge < -0.3 is 34.3 Å². The fraction of sp³-hybridized carbons (Fsp3) is 0.976. The molecule has 0 aromatic rings. The monoisotopic (exact) mass is 811 g/mol. The van der Waals surface area contributed by atoms with Crippen LogP contribution in [0.3, 0.4) is 0 Å². The smallest absolute Gasteiger partial charge is 0.397 e. The molecule has 12 nitrogen and oxygen atoms in total. The molecule has 1 rings (SSSR count). The zero-order valence-electron chi connectivity index (χ0n) is 34.8. The minimum absolute atomic E-state index is 0.0430. The first-order chi connectivity index (χ1) is 26.6. The van der Waals surface area contributed by atoms with Crippen molar-refractivity contribution in [3.63, 3.8) is 0 Å². The van der Waals surface area contributed by atoms with E-state index < -0.39 is 59.8 Å². The third kappa shape index (κ3) is 29.0. The van der Waals surface area contributed by atoms with Gasteiger partial charge in [-0.15, -0.1) is 0 Å². The lowest BCUT2D eigenvalue weighted by Gasteiger charge is -2.41. The van der Waals surface area contributed by atoms with Crippen LogP contribution in [0.5, 0.6) is 0 Å². The predicted molar refractivity (Wildman–Crippen MR) is 216 cm³/mol. The summed E-state index contributed by atoms with van der Waals surface area (Å²) < 4.78 is 58.7. The van der Waals surface area contributed by atoms with Crippen LogP contribution in [-0.2, 0) is 38.3 Å². The van der Waals surface area contributed by atoms with Gasteiger partial charge in [0.05, 0.1) is 19.8 Å². The Morgan fingerprint density at radius 1 is 0.618 bits per heavy atom. The van der Waals surface area contributed by atoms with Crippen LogP contribution in [0, 0.1) is 0 Å². The molecule has 0 aliphatic carbocycles. The number of rotatable bonds is 39. The Morgan fingerprint density at radius 2 is 1.04 bits per heavy atom. The maximum atomic E-state index is 12.6. The Kier molecular flexibility index (Phi) is 33.2. The molecular formula is C42H82O12S. The van der Waals surface area contributed by atoms with Gasteiger partial charge in [-0.05, 0) is 12.8 Å². The SMILES string of the molecule is CCCCCCCCCCCCCCCCCCCCCCCCOCC(COC1OC(CO)C(O)C(OS(=O)(=O)O)C1O)OC(=O)CCCCCCCC. The molecule has 0 spiro atoms. The summed E-state index contributed by atoms with van der Waals surface area (Å²) in [4.78, 5) is 12.6. The van der Waals surface area contributed by atoms with Crippen LogP contribution in [0.2, 0.25) is 0 Å². The molecule has 328 valence electrons. The second-order valence-corrected chi connectivity index (χ2v) is 16.7. The molecule has 1 saturated heterocycles. The lowest BCUT2D eigenvalue weighted by Crippen LogP contribution is -2.60. The van der Waals surface area contributed by atoms with E-state index in [9.17, 15) is 28.5 Å². The number of carbonyl (C=O) groups is 1. The molecule has 1 aliphatic rings. The normalized spacial score (nSPS) is 20.9. The predicted octanol–water partition coefficient (Wildman–Crippen LogP) is 8.91. The van der Waals surface area contributed by atoms with Crippen LogP contribution in [0.25, 0.3) is 0 Å². The summed E-state index contributed by atoms with van der Waals surface area (Å²) in [6.45, 7) is 3.94. The third-order valence-corrected chi connectivity index (χ3v) is 10.9. The molecule has 0 amide bonds. The summed E-state index contributed by atoms with van der Waals surface area (Å²) >= 11 is 0. The Bertz CT molecular complexity index is 984. The summed E-state index contributed by atoms with van der Waals surface area (Å²) in [5.41, 5.74) is 0. The third-order valence-electron chi connectivity index (χ3n) is 10.5. The zero-order chi connectivity index (χ0) is 40.4. The molecule has 13 heteroatoms. The maximum absolute atomic E-state index is 12.6. The largest absolute Gasteiger partial charge is 0.457 e. The van der Waals surface area contributed by atoms with Crippen LogP contribution >= 0.6 is 0 Å². The van der Waals surface area contributed by atoms with E-state index in [2.05, 4.69) is 18.0 Å². The van der Waals surface area contributed by atoms with Crippen LogP contribution in [-0.4, -0.2) is 97.5 Å². The number of hydrogen-bond acceptors (Lipinski definition) is 11. The maximum Gasteiger partial charge on any atom is 0.397 e. The van der Waals surface area contributed by atoms with Gasteiger partial charge in [-0.1, -0.05) is 181 Å². The van der Waals surface area contributed by atoms with Crippen molar-refractivity contribution in [3.05, 3.63) is 0 Å². The summed E-state index contributed by atoms with van der Waals surface area (Å²) in [5.74, 6) is -0.404. The topological polar surface area (TPSA) is 178 Å².